The third kappa shape index (κ3) is 3.81. The maximum atomic E-state index is 11.4. The second kappa shape index (κ2) is 6.59. The van der Waals surface area contributed by atoms with Crippen molar-refractivity contribution in [3.8, 4) is 0 Å². The number of benzene rings is 1. The minimum absolute atomic E-state index is 0.0706. The lowest BCUT2D eigenvalue weighted by Crippen LogP contribution is -2.41. The summed E-state index contributed by atoms with van der Waals surface area (Å²) in [6, 6.07) is 10.4. The molecule has 0 unspecified atom stereocenters. The van der Waals surface area contributed by atoms with Crippen LogP contribution in [0.15, 0.2) is 35.8 Å². The molecule has 1 aliphatic heterocycles. The Kier molecular flexibility index (Phi) is 4.79. The highest BCUT2D eigenvalue weighted by atomic mass is 32.1. The molecule has 1 amide bonds. The molecule has 4 nitrogen and oxygen atoms in total. The molecule has 0 radical (unpaired) electrons. The number of hydrogen-bond acceptors (Lipinski definition) is 4. The van der Waals surface area contributed by atoms with Crippen LogP contribution in [0.3, 0.4) is 0 Å². The third-order valence-electron chi connectivity index (χ3n) is 4.87. The Balaban J connectivity index is 1.93. The van der Waals surface area contributed by atoms with Gasteiger partial charge < -0.3 is 14.6 Å². The van der Waals surface area contributed by atoms with Gasteiger partial charge in [0.25, 0.3) is 0 Å². The van der Waals surface area contributed by atoms with Gasteiger partial charge >= 0.3 is 7.12 Å². The number of nitrogens with one attached hydrogen (secondary N) is 1. The van der Waals surface area contributed by atoms with Crippen LogP contribution < -0.4 is 5.32 Å². The van der Waals surface area contributed by atoms with Crippen LogP contribution in [0.1, 0.15) is 39.5 Å². The molecule has 0 bridgehead atoms. The standard InChI is InChI=1S/C19H24BNO3S/c1-13(22)21-12-15(20-23-18(2,3)19(4,5)24-20)11-16-10-14-8-6-7-9-17(14)25-16/h6-11H,12H2,1-5H3,(H,21,22). The van der Waals surface area contributed by atoms with Crippen molar-refractivity contribution < 1.29 is 14.1 Å². The lowest BCUT2D eigenvalue weighted by molar-refractivity contribution is -0.118. The summed E-state index contributed by atoms with van der Waals surface area (Å²) < 4.78 is 13.6. The fourth-order valence-corrected chi connectivity index (χ4v) is 3.72. The second-order valence-electron chi connectivity index (χ2n) is 7.40. The van der Waals surface area contributed by atoms with Crippen molar-refractivity contribution in [1.82, 2.24) is 5.32 Å². The van der Waals surface area contributed by atoms with E-state index in [9.17, 15) is 4.79 Å². The van der Waals surface area contributed by atoms with Crippen molar-refractivity contribution in [1.29, 1.82) is 0 Å². The Morgan fingerprint density at radius 2 is 1.84 bits per heavy atom. The molecule has 0 saturated carbocycles. The maximum absolute atomic E-state index is 11.4. The molecule has 1 aromatic carbocycles. The van der Waals surface area contributed by atoms with Crippen molar-refractivity contribution in [3.05, 3.63) is 40.7 Å². The molecule has 132 valence electrons. The summed E-state index contributed by atoms with van der Waals surface area (Å²) in [6.45, 7) is 10.0. The van der Waals surface area contributed by atoms with Crippen LogP contribution in [0.2, 0.25) is 0 Å². The predicted octanol–water partition coefficient (Wildman–Crippen LogP) is 4.05. The van der Waals surface area contributed by atoms with Crippen LogP contribution in [-0.4, -0.2) is 30.8 Å². The fraction of sp³-hybridized carbons (Fsp3) is 0.421. The first kappa shape index (κ1) is 18.2. The van der Waals surface area contributed by atoms with Gasteiger partial charge in [0.15, 0.2) is 0 Å². The molecule has 2 heterocycles. The minimum Gasteiger partial charge on any atom is -0.400 e. The molecule has 2 aromatic rings. The molecule has 1 N–H and O–H groups in total. The topological polar surface area (TPSA) is 47.6 Å². The molecule has 6 heteroatoms. The van der Waals surface area contributed by atoms with E-state index < -0.39 is 18.3 Å². The molecule has 0 aliphatic carbocycles. The number of hydrogen-bond donors (Lipinski definition) is 1. The van der Waals surface area contributed by atoms with Gasteiger partial charge in [-0.1, -0.05) is 18.2 Å². The first-order chi connectivity index (χ1) is 11.7. The summed E-state index contributed by atoms with van der Waals surface area (Å²) in [4.78, 5) is 12.5. The zero-order valence-corrected chi connectivity index (χ0v) is 16.2. The molecular formula is C19H24BNO3S. The zero-order valence-electron chi connectivity index (χ0n) is 15.4. The first-order valence-corrected chi connectivity index (χ1v) is 9.29. The van der Waals surface area contributed by atoms with E-state index in [1.165, 1.54) is 17.0 Å². The highest BCUT2D eigenvalue weighted by Gasteiger charge is 2.52. The Morgan fingerprint density at radius 1 is 1.20 bits per heavy atom. The van der Waals surface area contributed by atoms with E-state index in [-0.39, 0.29) is 5.91 Å². The number of carbonyl (C=O) groups is 1. The molecule has 3 rings (SSSR count). The third-order valence-corrected chi connectivity index (χ3v) is 5.93. The Labute approximate surface area is 153 Å². The molecule has 0 atom stereocenters. The first-order valence-electron chi connectivity index (χ1n) is 8.47. The lowest BCUT2D eigenvalue weighted by Gasteiger charge is -2.32. The van der Waals surface area contributed by atoms with Gasteiger partial charge in [0, 0.05) is 23.0 Å². The average Bonchev–Trinajstić information content (AvgIpc) is 3.00. The fourth-order valence-electron chi connectivity index (χ4n) is 2.68. The zero-order chi connectivity index (χ0) is 18.2. The van der Waals surface area contributed by atoms with Gasteiger partial charge in [-0.25, -0.2) is 0 Å². The highest BCUT2D eigenvalue weighted by molar-refractivity contribution is 7.19. The van der Waals surface area contributed by atoms with Gasteiger partial charge in [0.2, 0.25) is 5.91 Å². The summed E-state index contributed by atoms with van der Waals surface area (Å²) in [5.74, 6) is -0.0706. The molecule has 25 heavy (non-hydrogen) atoms. The van der Waals surface area contributed by atoms with E-state index in [0.29, 0.717) is 6.54 Å². The van der Waals surface area contributed by atoms with Crippen molar-refractivity contribution >= 4 is 40.5 Å². The van der Waals surface area contributed by atoms with Gasteiger partial charge in [-0.3, -0.25) is 4.79 Å². The van der Waals surface area contributed by atoms with Gasteiger partial charge in [0.1, 0.15) is 0 Å². The van der Waals surface area contributed by atoms with Crippen LogP contribution in [-0.2, 0) is 14.1 Å². The van der Waals surface area contributed by atoms with E-state index in [2.05, 4.69) is 29.6 Å². The Bertz CT molecular complexity index is 776. The predicted molar refractivity (Wildman–Crippen MR) is 105 cm³/mol. The van der Waals surface area contributed by atoms with Crippen molar-refractivity contribution in [2.75, 3.05) is 6.54 Å². The van der Waals surface area contributed by atoms with E-state index >= 15 is 0 Å². The van der Waals surface area contributed by atoms with E-state index in [0.717, 1.165) is 10.3 Å². The van der Waals surface area contributed by atoms with Crippen molar-refractivity contribution in [2.24, 2.45) is 0 Å². The maximum Gasteiger partial charge on any atom is 0.492 e. The van der Waals surface area contributed by atoms with Crippen LogP contribution in [0, 0.1) is 0 Å². The normalized spacial score (nSPS) is 19.4. The summed E-state index contributed by atoms with van der Waals surface area (Å²) in [7, 11) is -0.470. The average molecular weight is 357 g/mol. The highest BCUT2D eigenvalue weighted by Crippen LogP contribution is 2.39. The Hall–Kier alpha value is -1.63. The minimum atomic E-state index is -0.470. The number of fused-ring (bicyclic) bond motifs is 1. The number of carbonyl (C=O) groups excluding carboxylic acids is 1. The molecule has 1 fully saturated rings. The SMILES string of the molecule is CC(=O)NCC(=Cc1cc2ccccc2s1)B1OC(C)(C)C(C)(C)O1. The number of amides is 1. The number of thiophene rings is 1. The quantitative estimate of drug-likeness (QED) is 0.840. The van der Waals surface area contributed by atoms with Gasteiger partial charge in [0.05, 0.1) is 11.2 Å². The van der Waals surface area contributed by atoms with E-state index in [4.69, 9.17) is 9.31 Å². The van der Waals surface area contributed by atoms with Crippen LogP contribution in [0.25, 0.3) is 16.2 Å². The molecular weight excluding hydrogens is 333 g/mol. The largest absolute Gasteiger partial charge is 0.492 e. The van der Waals surface area contributed by atoms with Crippen LogP contribution in [0.5, 0.6) is 0 Å². The molecule has 0 spiro atoms. The summed E-state index contributed by atoms with van der Waals surface area (Å²) in [5, 5.41) is 4.08. The van der Waals surface area contributed by atoms with Gasteiger partial charge in [-0.15, -0.1) is 11.3 Å². The van der Waals surface area contributed by atoms with Gasteiger partial charge in [-0.05, 0) is 56.8 Å². The number of rotatable bonds is 4. The van der Waals surface area contributed by atoms with Crippen LogP contribution in [0.4, 0.5) is 0 Å². The van der Waals surface area contributed by atoms with E-state index in [1.54, 1.807) is 11.3 Å². The smallest absolute Gasteiger partial charge is 0.400 e. The van der Waals surface area contributed by atoms with Gasteiger partial charge in [-0.2, -0.15) is 0 Å². The Morgan fingerprint density at radius 3 is 2.44 bits per heavy atom. The molecule has 1 saturated heterocycles. The molecule has 1 aliphatic rings. The lowest BCUT2D eigenvalue weighted by atomic mass is 9.77. The summed E-state index contributed by atoms with van der Waals surface area (Å²) in [6.07, 6.45) is 2.07. The van der Waals surface area contributed by atoms with Crippen molar-refractivity contribution in [3.63, 3.8) is 0 Å². The van der Waals surface area contributed by atoms with Crippen LogP contribution >= 0.6 is 11.3 Å². The molecule has 1 aromatic heterocycles. The summed E-state index contributed by atoms with van der Waals surface area (Å²) >= 11 is 1.72. The van der Waals surface area contributed by atoms with E-state index in [1.807, 2.05) is 39.8 Å². The second-order valence-corrected chi connectivity index (χ2v) is 8.52. The monoisotopic (exact) mass is 357 g/mol. The summed E-state index contributed by atoms with van der Waals surface area (Å²) in [5.41, 5.74) is 0.0979. The van der Waals surface area contributed by atoms with Crippen molar-refractivity contribution in [2.45, 2.75) is 45.8 Å².